The van der Waals surface area contributed by atoms with E-state index in [0.717, 1.165) is 38.4 Å². The number of benzene rings is 1. The molecule has 1 aromatic carbocycles. The number of hydrogen-bond donors (Lipinski definition) is 1. The van der Waals surface area contributed by atoms with Gasteiger partial charge in [0.2, 0.25) is 0 Å². The SMILES string of the molecule is CC1CN(Cc2ccccc2)CCCN1c1ccc2n[nH]c(=O)n2n1. The molecule has 3 heterocycles. The van der Waals surface area contributed by atoms with Crippen molar-refractivity contribution in [3.63, 3.8) is 0 Å². The second-order valence-corrected chi connectivity index (χ2v) is 6.61. The van der Waals surface area contributed by atoms with Crippen LogP contribution in [0.25, 0.3) is 5.65 Å². The highest BCUT2D eigenvalue weighted by atomic mass is 16.2. The van der Waals surface area contributed by atoms with Gasteiger partial charge in [-0.25, -0.2) is 9.89 Å². The zero-order valence-corrected chi connectivity index (χ0v) is 14.3. The molecule has 1 saturated heterocycles. The second kappa shape index (κ2) is 6.68. The largest absolute Gasteiger partial charge is 0.364 e. The summed E-state index contributed by atoms with van der Waals surface area (Å²) >= 11 is 0. The zero-order chi connectivity index (χ0) is 17.2. The lowest BCUT2D eigenvalue weighted by atomic mass is 10.2. The molecule has 0 amide bonds. The highest BCUT2D eigenvalue weighted by Crippen LogP contribution is 2.19. The third-order valence-corrected chi connectivity index (χ3v) is 4.73. The van der Waals surface area contributed by atoms with Crippen LogP contribution in [-0.4, -0.2) is 50.4 Å². The van der Waals surface area contributed by atoms with E-state index >= 15 is 0 Å². The molecule has 1 atom stereocenters. The number of nitrogens with zero attached hydrogens (tertiary/aromatic N) is 5. The summed E-state index contributed by atoms with van der Waals surface area (Å²) in [6, 6.07) is 14.7. The molecule has 25 heavy (non-hydrogen) atoms. The minimum Gasteiger partial charge on any atom is -0.351 e. The third kappa shape index (κ3) is 3.28. The first-order chi connectivity index (χ1) is 12.2. The van der Waals surface area contributed by atoms with Crippen molar-refractivity contribution in [2.45, 2.75) is 25.9 Å². The number of aromatic nitrogens is 4. The van der Waals surface area contributed by atoms with Crippen LogP contribution in [0.2, 0.25) is 0 Å². The van der Waals surface area contributed by atoms with Crippen LogP contribution in [0.1, 0.15) is 18.9 Å². The predicted molar refractivity (Wildman–Crippen MR) is 96.8 cm³/mol. The Balaban J connectivity index is 1.53. The molecule has 7 heteroatoms. The van der Waals surface area contributed by atoms with Crippen LogP contribution in [0, 0.1) is 0 Å². The second-order valence-electron chi connectivity index (χ2n) is 6.61. The van der Waals surface area contributed by atoms with Crippen LogP contribution >= 0.6 is 0 Å². The van der Waals surface area contributed by atoms with E-state index in [2.05, 4.69) is 62.4 Å². The van der Waals surface area contributed by atoms with E-state index in [1.165, 1.54) is 10.1 Å². The average Bonchev–Trinajstić information content (AvgIpc) is 2.89. The molecule has 0 bridgehead atoms. The normalized spacial score (nSPS) is 19.2. The van der Waals surface area contributed by atoms with Gasteiger partial charge in [0.1, 0.15) is 5.82 Å². The van der Waals surface area contributed by atoms with Gasteiger partial charge < -0.3 is 4.90 Å². The van der Waals surface area contributed by atoms with E-state index < -0.39 is 0 Å². The molecule has 130 valence electrons. The standard InChI is InChI=1S/C18H22N6O/c1-14-12-22(13-15-6-3-2-4-7-15)10-5-11-23(14)17-9-8-16-19-20-18(25)24(16)21-17/h2-4,6-9,14H,5,10-13H2,1H3,(H,20,25). The van der Waals surface area contributed by atoms with E-state index in [1.807, 2.05) is 12.1 Å². The molecule has 0 radical (unpaired) electrons. The van der Waals surface area contributed by atoms with Gasteiger partial charge in [0.05, 0.1) is 0 Å². The van der Waals surface area contributed by atoms with Gasteiger partial charge in [-0.15, -0.1) is 5.10 Å². The van der Waals surface area contributed by atoms with E-state index in [0.29, 0.717) is 11.7 Å². The summed E-state index contributed by atoms with van der Waals surface area (Å²) in [5.74, 6) is 0.824. The Hall–Kier alpha value is -2.67. The maximum absolute atomic E-state index is 11.8. The fourth-order valence-corrected chi connectivity index (χ4v) is 3.52. The summed E-state index contributed by atoms with van der Waals surface area (Å²) in [7, 11) is 0. The van der Waals surface area contributed by atoms with Gasteiger partial charge >= 0.3 is 5.69 Å². The summed E-state index contributed by atoms with van der Waals surface area (Å²) in [6.45, 7) is 6.14. The first-order valence-electron chi connectivity index (χ1n) is 8.68. The number of rotatable bonds is 3. The van der Waals surface area contributed by atoms with Crippen molar-refractivity contribution < 1.29 is 0 Å². The first-order valence-corrected chi connectivity index (χ1v) is 8.68. The molecule has 1 unspecified atom stereocenters. The smallest absolute Gasteiger partial charge is 0.351 e. The zero-order valence-electron chi connectivity index (χ0n) is 14.3. The number of anilines is 1. The minimum atomic E-state index is -0.301. The summed E-state index contributed by atoms with van der Waals surface area (Å²) in [5.41, 5.74) is 1.58. The van der Waals surface area contributed by atoms with Gasteiger partial charge in [-0.2, -0.15) is 9.61 Å². The Kier molecular flexibility index (Phi) is 4.23. The van der Waals surface area contributed by atoms with Crippen LogP contribution in [0.5, 0.6) is 0 Å². The molecule has 7 nitrogen and oxygen atoms in total. The molecule has 0 spiro atoms. The van der Waals surface area contributed by atoms with Crippen molar-refractivity contribution in [2.75, 3.05) is 24.5 Å². The van der Waals surface area contributed by atoms with E-state index in [-0.39, 0.29) is 5.69 Å². The van der Waals surface area contributed by atoms with Crippen molar-refractivity contribution in [3.05, 3.63) is 58.5 Å². The van der Waals surface area contributed by atoms with Crippen LogP contribution in [-0.2, 0) is 6.54 Å². The van der Waals surface area contributed by atoms with Crippen molar-refractivity contribution in [1.29, 1.82) is 0 Å². The molecule has 1 aliphatic heterocycles. The average molecular weight is 338 g/mol. The van der Waals surface area contributed by atoms with Crippen molar-refractivity contribution in [1.82, 2.24) is 24.7 Å². The maximum atomic E-state index is 11.8. The van der Waals surface area contributed by atoms with E-state index in [9.17, 15) is 4.79 Å². The first kappa shape index (κ1) is 15.8. The van der Waals surface area contributed by atoms with Crippen LogP contribution in [0.15, 0.2) is 47.3 Å². The fourth-order valence-electron chi connectivity index (χ4n) is 3.52. The predicted octanol–water partition coefficient (Wildman–Crippen LogP) is 1.52. The summed E-state index contributed by atoms with van der Waals surface area (Å²) in [6.07, 6.45) is 1.07. The molecular weight excluding hydrogens is 316 g/mol. The van der Waals surface area contributed by atoms with Gasteiger partial charge in [0.15, 0.2) is 5.65 Å². The van der Waals surface area contributed by atoms with Crippen LogP contribution in [0.4, 0.5) is 5.82 Å². The summed E-state index contributed by atoms with van der Waals surface area (Å²) < 4.78 is 1.33. The van der Waals surface area contributed by atoms with E-state index in [1.54, 1.807) is 0 Å². The molecule has 3 aromatic rings. The molecule has 1 fully saturated rings. The fraction of sp³-hybridized carbons (Fsp3) is 0.389. The van der Waals surface area contributed by atoms with Crippen LogP contribution in [0.3, 0.4) is 0 Å². The van der Waals surface area contributed by atoms with Gasteiger partial charge in [-0.05, 0) is 31.0 Å². The van der Waals surface area contributed by atoms with Gasteiger partial charge in [0, 0.05) is 32.2 Å². The number of hydrogen-bond acceptors (Lipinski definition) is 5. The van der Waals surface area contributed by atoms with Crippen molar-refractivity contribution in [2.24, 2.45) is 0 Å². The molecule has 0 saturated carbocycles. The Morgan fingerprint density at radius 2 is 2.00 bits per heavy atom. The molecule has 1 aliphatic rings. The highest BCUT2D eigenvalue weighted by Gasteiger charge is 2.23. The molecule has 0 aliphatic carbocycles. The monoisotopic (exact) mass is 338 g/mol. The number of H-pyrrole nitrogens is 1. The van der Waals surface area contributed by atoms with Crippen molar-refractivity contribution >= 4 is 11.5 Å². The van der Waals surface area contributed by atoms with Crippen LogP contribution < -0.4 is 10.6 Å². The summed E-state index contributed by atoms with van der Waals surface area (Å²) in [5, 5.41) is 10.8. The topological polar surface area (TPSA) is 69.5 Å². The maximum Gasteiger partial charge on any atom is 0.364 e. The Labute approximate surface area is 145 Å². The van der Waals surface area contributed by atoms with E-state index in [4.69, 9.17) is 0 Å². The lowest BCUT2D eigenvalue weighted by Crippen LogP contribution is -2.39. The lowest BCUT2D eigenvalue weighted by molar-refractivity contribution is 0.268. The molecule has 1 N–H and O–H groups in total. The lowest BCUT2D eigenvalue weighted by Gasteiger charge is -2.29. The third-order valence-electron chi connectivity index (χ3n) is 4.73. The number of aromatic amines is 1. The Bertz CT molecular complexity index is 903. The minimum absolute atomic E-state index is 0.301. The quantitative estimate of drug-likeness (QED) is 0.784. The highest BCUT2D eigenvalue weighted by molar-refractivity contribution is 5.45. The van der Waals surface area contributed by atoms with Gasteiger partial charge in [0.25, 0.3) is 0 Å². The molecular formula is C18H22N6O. The summed E-state index contributed by atoms with van der Waals surface area (Å²) in [4.78, 5) is 16.5. The van der Waals surface area contributed by atoms with Crippen molar-refractivity contribution in [3.8, 4) is 0 Å². The van der Waals surface area contributed by atoms with Gasteiger partial charge in [-0.1, -0.05) is 30.3 Å². The number of fused-ring (bicyclic) bond motifs is 1. The molecule has 2 aromatic heterocycles. The number of nitrogens with one attached hydrogen (secondary N) is 1. The van der Waals surface area contributed by atoms with Gasteiger partial charge in [-0.3, -0.25) is 4.90 Å². The Morgan fingerprint density at radius 1 is 1.16 bits per heavy atom. The Morgan fingerprint density at radius 3 is 2.84 bits per heavy atom. The molecule has 4 rings (SSSR count).